The molecule has 0 aromatic rings. The van der Waals surface area contributed by atoms with Crippen molar-refractivity contribution in [3.8, 4) is 12.3 Å². The number of hydrogen-bond donors (Lipinski definition) is 3. The Balaban J connectivity index is 1.77. The first-order valence-electron chi connectivity index (χ1n) is 9.49. The molecule has 3 unspecified atom stereocenters. The molecule has 4 rings (SSSR count). The largest absolute Gasteiger partial charge is 0.393 e. The quantitative estimate of drug-likeness (QED) is 0.463. The molecule has 25 heavy (non-hydrogen) atoms. The van der Waals surface area contributed by atoms with E-state index in [9.17, 15) is 20.1 Å². The lowest BCUT2D eigenvalue weighted by Gasteiger charge is -2.58. The van der Waals surface area contributed by atoms with Gasteiger partial charge in [0, 0.05) is 11.3 Å². The highest BCUT2D eigenvalue weighted by atomic mass is 16.3. The van der Waals surface area contributed by atoms with E-state index in [2.05, 4.69) is 18.9 Å². The number of carbonyl (C=O) groups is 1. The SMILES string of the molecule is C#C[C@]1(O)C(=O)[C@@H](O)C2C3CC=C4C[C@H](O)CC[C@]4(C)C3CC[C@@]21C. The van der Waals surface area contributed by atoms with E-state index in [4.69, 9.17) is 6.42 Å². The van der Waals surface area contributed by atoms with Crippen molar-refractivity contribution >= 4 is 5.78 Å². The zero-order chi connectivity index (χ0) is 18.2. The Morgan fingerprint density at radius 3 is 2.64 bits per heavy atom. The van der Waals surface area contributed by atoms with Gasteiger partial charge in [-0.15, -0.1) is 6.42 Å². The summed E-state index contributed by atoms with van der Waals surface area (Å²) in [5, 5.41) is 31.7. The third-order valence-electron chi connectivity index (χ3n) is 8.33. The van der Waals surface area contributed by atoms with Gasteiger partial charge in [-0.25, -0.2) is 0 Å². The molecule has 0 spiro atoms. The number of fused-ring (bicyclic) bond motifs is 5. The number of carbonyl (C=O) groups excluding carboxylic acids is 1. The van der Waals surface area contributed by atoms with E-state index in [0.29, 0.717) is 12.3 Å². The number of terminal acetylenes is 1. The maximum Gasteiger partial charge on any atom is 0.205 e. The number of rotatable bonds is 0. The summed E-state index contributed by atoms with van der Waals surface area (Å²) in [5.41, 5.74) is -1.28. The Bertz CT molecular complexity index is 690. The molecule has 8 atom stereocenters. The zero-order valence-corrected chi connectivity index (χ0v) is 15.0. The minimum Gasteiger partial charge on any atom is -0.393 e. The molecule has 0 aromatic heterocycles. The number of Topliss-reactive ketones (excluding diaryl/α,β-unsaturated/α-hetero) is 1. The second-order valence-corrected chi connectivity index (χ2v) is 9.20. The summed E-state index contributed by atoms with van der Waals surface area (Å²) in [6.45, 7) is 4.16. The fraction of sp³-hybridized carbons (Fsp3) is 0.762. The summed E-state index contributed by atoms with van der Waals surface area (Å²) >= 11 is 0. The van der Waals surface area contributed by atoms with Gasteiger partial charge < -0.3 is 15.3 Å². The lowest BCUT2D eigenvalue weighted by atomic mass is 9.47. The smallest absolute Gasteiger partial charge is 0.205 e. The van der Waals surface area contributed by atoms with Crippen molar-refractivity contribution in [2.45, 2.75) is 70.2 Å². The van der Waals surface area contributed by atoms with Gasteiger partial charge in [0.1, 0.15) is 6.10 Å². The monoisotopic (exact) mass is 344 g/mol. The summed E-state index contributed by atoms with van der Waals surface area (Å²) in [7, 11) is 0. The summed E-state index contributed by atoms with van der Waals surface area (Å²) in [5.74, 6) is 1.93. The van der Waals surface area contributed by atoms with Gasteiger partial charge in [-0.3, -0.25) is 4.79 Å². The van der Waals surface area contributed by atoms with Crippen molar-refractivity contribution < 1.29 is 20.1 Å². The molecular weight excluding hydrogens is 316 g/mol. The van der Waals surface area contributed by atoms with E-state index in [-0.39, 0.29) is 23.4 Å². The molecule has 3 fully saturated rings. The molecule has 0 saturated heterocycles. The van der Waals surface area contributed by atoms with Gasteiger partial charge in [0.05, 0.1) is 6.10 Å². The van der Waals surface area contributed by atoms with E-state index in [0.717, 1.165) is 32.1 Å². The van der Waals surface area contributed by atoms with Crippen LogP contribution in [-0.4, -0.2) is 38.9 Å². The molecule has 4 aliphatic rings. The van der Waals surface area contributed by atoms with Crippen LogP contribution in [0.15, 0.2) is 11.6 Å². The minimum absolute atomic E-state index is 0.0170. The fourth-order valence-corrected chi connectivity index (χ4v) is 6.79. The van der Waals surface area contributed by atoms with Gasteiger partial charge in [-0.1, -0.05) is 31.4 Å². The Morgan fingerprint density at radius 2 is 1.96 bits per heavy atom. The standard InChI is InChI=1S/C21H28O4/c1-4-21(25)18(24)17(23)16-14-6-5-12-11-13(22)7-9-19(12,2)15(14)8-10-20(16,21)3/h1,5,13-17,22-23,25H,6-11H2,2-3H3/t13-,14?,15?,16?,17+,19+,20+,21+/m1/s1. The van der Waals surface area contributed by atoms with Crippen molar-refractivity contribution in [2.24, 2.45) is 28.6 Å². The number of ketones is 1. The summed E-state index contributed by atoms with van der Waals surface area (Å²) in [4.78, 5) is 12.6. The third kappa shape index (κ3) is 1.92. The average Bonchev–Trinajstić information content (AvgIpc) is 2.74. The van der Waals surface area contributed by atoms with Gasteiger partial charge in [0.25, 0.3) is 0 Å². The number of allylic oxidation sites excluding steroid dienone is 1. The number of hydrogen-bond acceptors (Lipinski definition) is 4. The number of aliphatic hydroxyl groups excluding tert-OH is 2. The molecule has 3 N–H and O–H groups in total. The average molecular weight is 344 g/mol. The molecule has 0 aromatic carbocycles. The molecule has 4 aliphatic carbocycles. The molecule has 136 valence electrons. The molecule has 4 nitrogen and oxygen atoms in total. The molecular formula is C21H28O4. The van der Waals surface area contributed by atoms with Gasteiger partial charge in [0.2, 0.25) is 5.78 Å². The highest BCUT2D eigenvalue weighted by Crippen LogP contribution is 2.66. The van der Waals surface area contributed by atoms with Crippen molar-refractivity contribution in [1.29, 1.82) is 0 Å². The topological polar surface area (TPSA) is 77.8 Å². The fourth-order valence-electron chi connectivity index (χ4n) is 6.79. The Morgan fingerprint density at radius 1 is 1.24 bits per heavy atom. The molecule has 0 amide bonds. The highest BCUT2D eigenvalue weighted by molar-refractivity contribution is 5.98. The van der Waals surface area contributed by atoms with Crippen molar-refractivity contribution in [3.05, 3.63) is 11.6 Å². The number of aliphatic hydroxyl groups is 3. The molecule has 0 heterocycles. The molecule has 0 radical (unpaired) electrons. The molecule has 0 bridgehead atoms. The predicted octanol–water partition coefficient (Wildman–Crippen LogP) is 1.82. The van der Waals surface area contributed by atoms with Crippen LogP contribution in [0, 0.1) is 40.9 Å². The van der Waals surface area contributed by atoms with E-state index in [1.54, 1.807) is 0 Å². The van der Waals surface area contributed by atoms with Gasteiger partial charge in [-0.2, -0.15) is 0 Å². The van der Waals surface area contributed by atoms with Crippen LogP contribution in [0.2, 0.25) is 0 Å². The van der Waals surface area contributed by atoms with E-state index in [1.165, 1.54) is 5.57 Å². The molecule has 4 heteroatoms. The maximum atomic E-state index is 12.6. The van der Waals surface area contributed by atoms with Crippen LogP contribution in [0.4, 0.5) is 0 Å². The van der Waals surface area contributed by atoms with Crippen LogP contribution in [0.5, 0.6) is 0 Å². The van der Waals surface area contributed by atoms with Crippen LogP contribution < -0.4 is 0 Å². The lowest BCUT2D eigenvalue weighted by molar-refractivity contribution is -0.140. The lowest BCUT2D eigenvalue weighted by Crippen LogP contribution is -2.55. The van der Waals surface area contributed by atoms with Crippen molar-refractivity contribution in [2.75, 3.05) is 0 Å². The Labute approximate surface area is 149 Å². The molecule has 3 saturated carbocycles. The summed E-state index contributed by atoms with van der Waals surface area (Å²) < 4.78 is 0. The van der Waals surface area contributed by atoms with Gasteiger partial charge in [-0.05, 0) is 55.8 Å². The Kier molecular flexibility index (Phi) is 3.59. The zero-order valence-electron chi connectivity index (χ0n) is 15.0. The normalized spacial score (nSPS) is 54.8. The van der Waals surface area contributed by atoms with E-state index in [1.807, 2.05) is 6.92 Å². The van der Waals surface area contributed by atoms with Crippen LogP contribution in [0.3, 0.4) is 0 Å². The predicted molar refractivity (Wildman–Crippen MR) is 93.3 cm³/mol. The first-order valence-corrected chi connectivity index (χ1v) is 9.49. The second-order valence-electron chi connectivity index (χ2n) is 9.20. The summed E-state index contributed by atoms with van der Waals surface area (Å²) in [6.07, 6.45) is 11.1. The first-order chi connectivity index (χ1) is 11.7. The maximum absolute atomic E-state index is 12.6. The van der Waals surface area contributed by atoms with E-state index >= 15 is 0 Å². The minimum atomic E-state index is -1.87. The van der Waals surface area contributed by atoms with Gasteiger partial charge in [0.15, 0.2) is 5.60 Å². The molecule has 0 aliphatic heterocycles. The van der Waals surface area contributed by atoms with Crippen LogP contribution in [-0.2, 0) is 4.79 Å². The third-order valence-corrected chi connectivity index (χ3v) is 8.33. The second kappa shape index (κ2) is 5.19. The van der Waals surface area contributed by atoms with Crippen LogP contribution in [0.25, 0.3) is 0 Å². The first kappa shape index (κ1) is 17.3. The van der Waals surface area contributed by atoms with Crippen molar-refractivity contribution in [1.82, 2.24) is 0 Å². The van der Waals surface area contributed by atoms with Gasteiger partial charge >= 0.3 is 0 Å². The van der Waals surface area contributed by atoms with E-state index < -0.39 is 22.9 Å². The van der Waals surface area contributed by atoms with Crippen molar-refractivity contribution in [3.63, 3.8) is 0 Å². The van der Waals surface area contributed by atoms with Crippen LogP contribution >= 0.6 is 0 Å². The summed E-state index contributed by atoms with van der Waals surface area (Å²) in [6, 6.07) is 0. The highest BCUT2D eigenvalue weighted by Gasteiger charge is 2.70. The Hall–Kier alpha value is -1.15. The van der Waals surface area contributed by atoms with Crippen LogP contribution in [0.1, 0.15) is 52.4 Å².